The van der Waals surface area contributed by atoms with Crippen LogP contribution in [-0.2, 0) is 101 Å². The minimum Gasteiger partial charge on any atom is -0.516 e. The molecule has 0 bridgehead atoms. The molecule has 2 radical (unpaired) electrons. The van der Waals surface area contributed by atoms with Crippen LogP contribution in [0.4, 0.5) is 0 Å². The van der Waals surface area contributed by atoms with Crippen LogP contribution in [0.25, 0.3) is 0 Å². The van der Waals surface area contributed by atoms with Crippen molar-refractivity contribution in [1.82, 2.24) is 0 Å². The largest absolute Gasteiger partial charge is 3.00 e. The first-order valence-electron chi connectivity index (χ1n) is 4.64. The van der Waals surface area contributed by atoms with Crippen molar-refractivity contribution >= 4 is 118 Å². The Morgan fingerprint density at radius 2 is 0.500 bits per heavy atom. The fourth-order valence-electron chi connectivity index (χ4n) is 0.224. The van der Waals surface area contributed by atoms with Crippen LogP contribution in [0.15, 0.2) is 0 Å². The number of rotatable bonds is 6. The third kappa shape index (κ3) is 26.3. The van der Waals surface area contributed by atoms with Gasteiger partial charge in [0, 0.05) is 18.4 Å². The zero-order chi connectivity index (χ0) is 17.7. The summed E-state index contributed by atoms with van der Waals surface area (Å²) in [6, 6.07) is 0. The van der Waals surface area contributed by atoms with Gasteiger partial charge in [-0.3, -0.25) is 27.1 Å². The first kappa shape index (κ1) is 33.6. The van der Waals surface area contributed by atoms with E-state index in [4.69, 9.17) is 0 Å². The average Bonchev–Trinajstić information content (AvgIpc) is 2.48. The van der Waals surface area contributed by atoms with Gasteiger partial charge in [-0.1, -0.05) is 0 Å². The molecule has 6 nitrogen and oxygen atoms in total. The molecule has 16 heteroatoms. The van der Waals surface area contributed by atoms with Crippen LogP contribution in [0.1, 0.15) is 0 Å². The Hall–Kier alpha value is 4.03. The minimum atomic E-state index is -2.24. The van der Waals surface area contributed by atoms with Crippen LogP contribution < -0.4 is 0 Å². The van der Waals surface area contributed by atoms with Crippen molar-refractivity contribution in [3.8, 4) is 0 Å². The molecule has 0 unspecified atom stereocenters. The Morgan fingerprint density at radius 3 is 0.500 bits per heavy atom. The van der Waals surface area contributed by atoms with Gasteiger partial charge in [-0.25, -0.2) is 0 Å². The molecule has 134 valence electrons. The maximum Gasteiger partial charge on any atom is 3.00 e. The Morgan fingerprint density at radius 1 is 0.409 bits per heavy atom. The van der Waals surface area contributed by atoms with Crippen molar-refractivity contribution in [3.05, 3.63) is 0 Å². The van der Waals surface area contributed by atoms with E-state index in [0.717, 1.165) is 0 Å². The van der Waals surface area contributed by atoms with E-state index in [2.05, 4.69) is 101 Å². The van der Waals surface area contributed by atoms with E-state index < -0.39 is 18.4 Å². The summed E-state index contributed by atoms with van der Waals surface area (Å²) in [5.41, 5.74) is 0. The van der Waals surface area contributed by atoms with Gasteiger partial charge in [0.25, 0.3) is 0 Å². The molecule has 0 spiro atoms. The van der Waals surface area contributed by atoms with Crippen LogP contribution in [0.5, 0.6) is 0 Å². The van der Waals surface area contributed by atoms with Crippen molar-refractivity contribution in [2.45, 2.75) is 0 Å². The van der Waals surface area contributed by atoms with E-state index in [9.17, 15) is 0 Å². The summed E-state index contributed by atoms with van der Waals surface area (Å²) in [4.78, 5) is 0. The summed E-state index contributed by atoms with van der Waals surface area (Å²) >= 11 is 27.8. The zero-order valence-electron chi connectivity index (χ0n) is 12.7. The molecule has 0 aromatic carbocycles. The predicted octanol–water partition coefficient (Wildman–Crippen LogP) is 2.77. The normalized spacial score (nSPS) is 11.5. The standard InChI is InChI=1S/3C2H7O2PS2.Bi/c3*1-3-5(6,7)4-2;/h3*1-2H3,(H,6,7);/q;;;+3/p-3. The molecule has 0 aromatic heterocycles. The molecule has 0 heterocycles. The molecular weight excluding hydrogens is 662 g/mol. The second-order valence-electron chi connectivity index (χ2n) is 2.44. The van der Waals surface area contributed by atoms with Gasteiger partial charge < -0.3 is 73.5 Å². The van der Waals surface area contributed by atoms with Gasteiger partial charge in [-0.15, -0.1) is 0 Å². The second-order valence-corrected chi connectivity index (χ2v) is 18.0. The summed E-state index contributed by atoms with van der Waals surface area (Å²) in [5.74, 6) is 0. The van der Waals surface area contributed by atoms with Crippen molar-refractivity contribution in [3.63, 3.8) is 0 Å². The summed E-state index contributed by atoms with van der Waals surface area (Å²) in [5, 5.41) is 0. The van der Waals surface area contributed by atoms with Gasteiger partial charge >= 0.3 is 26.2 Å². The third-order valence-electron chi connectivity index (χ3n) is 1.34. The molecule has 0 aromatic rings. The quantitative estimate of drug-likeness (QED) is 0.236. The van der Waals surface area contributed by atoms with Gasteiger partial charge in [0.2, 0.25) is 0 Å². The molecule has 22 heavy (non-hydrogen) atoms. The second kappa shape index (κ2) is 18.4. The Balaban J connectivity index is -0.000000108. The molecule has 0 atom stereocenters. The zero-order valence-corrected chi connectivity index (χ0v) is 23.7. The summed E-state index contributed by atoms with van der Waals surface area (Å²) < 4.78 is 27.6. The first-order valence-corrected chi connectivity index (χ1v) is 15.6. The third-order valence-corrected chi connectivity index (χ3v) is 9.39. The molecule has 0 amide bonds. The molecule has 0 aliphatic rings. The monoisotopic (exact) mass is 680 g/mol. The predicted molar refractivity (Wildman–Crippen MR) is 113 cm³/mol. The summed E-state index contributed by atoms with van der Waals surface area (Å²) in [6.45, 7) is 0. The average molecular weight is 681 g/mol. The first-order chi connectivity index (χ1) is 9.36. The van der Waals surface area contributed by atoms with Crippen LogP contribution >= 0.6 is 18.4 Å². The van der Waals surface area contributed by atoms with E-state index in [1.807, 2.05) is 0 Å². The van der Waals surface area contributed by atoms with Crippen molar-refractivity contribution in [2.24, 2.45) is 0 Å². The van der Waals surface area contributed by atoms with E-state index >= 15 is 0 Å². The minimum absolute atomic E-state index is 0. The summed E-state index contributed by atoms with van der Waals surface area (Å²) in [6.07, 6.45) is -6.71. The molecule has 0 aliphatic heterocycles. The summed E-state index contributed by atoms with van der Waals surface area (Å²) in [7, 11) is 8.73. The fraction of sp³-hybridized carbons (Fsp3) is 1.00. The number of hydrogen-bond donors (Lipinski definition) is 0. The Kier molecular flexibility index (Phi) is 28.1. The molecule has 0 N–H and O–H groups in total. The van der Waals surface area contributed by atoms with Crippen LogP contribution in [0.2, 0.25) is 0 Å². The van der Waals surface area contributed by atoms with Crippen molar-refractivity contribution in [2.75, 3.05) is 42.7 Å². The molecule has 0 aliphatic carbocycles. The molecule has 0 fully saturated rings. The van der Waals surface area contributed by atoms with Crippen molar-refractivity contribution < 1.29 is 27.1 Å². The van der Waals surface area contributed by atoms with E-state index in [1.54, 1.807) is 0 Å². The molecule has 0 rings (SSSR count). The Labute approximate surface area is 186 Å². The van der Waals surface area contributed by atoms with Crippen LogP contribution in [0, 0.1) is 0 Å². The van der Waals surface area contributed by atoms with Crippen molar-refractivity contribution in [1.29, 1.82) is 0 Å². The van der Waals surface area contributed by atoms with Gasteiger partial charge in [-0.2, -0.15) is 0 Å². The number of hydrogen-bond acceptors (Lipinski definition) is 12. The topological polar surface area (TPSA) is 55.4 Å². The van der Waals surface area contributed by atoms with Gasteiger partial charge in [0.05, 0.1) is 42.7 Å². The van der Waals surface area contributed by atoms with Crippen LogP contribution in [-0.4, -0.2) is 68.9 Å². The van der Waals surface area contributed by atoms with E-state index in [0.29, 0.717) is 0 Å². The van der Waals surface area contributed by atoms with Crippen LogP contribution in [0.3, 0.4) is 0 Å². The van der Waals surface area contributed by atoms with E-state index in [1.165, 1.54) is 42.7 Å². The molecular formula is C6H18BiO6P3S6. The van der Waals surface area contributed by atoms with Gasteiger partial charge in [-0.05, 0) is 0 Å². The smallest absolute Gasteiger partial charge is 0.516 e. The fourth-order valence-corrected chi connectivity index (χ4v) is 0.671. The Bertz CT molecular complexity index is 199. The molecule has 0 saturated carbocycles. The maximum absolute atomic E-state index is 4.63. The SMILES string of the molecule is CO[P+]([S-])([S-])OC.CO[P+]([S-])([S-])OC.CO[P+]([S-])([S-])OC.[Bi+3]. The van der Waals surface area contributed by atoms with Gasteiger partial charge in [0.1, 0.15) is 0 Å². The van der Waals surface area contributed by atoms with E-state index in [-0.39, 0.29) is 26.2 Å². The molecule has 0 saturated heterocycles. The van der Waals surface area contributed by atoms with Gasteiger partial charge in [0.15, 0.2) is 0 Å². The maximum atomic E-state index is 4.63.